The summed E-state index contributed by atoms with van der Waals surface area (Å²) in [6.07, 6.45) is -0.223. The molecule has 2 rings (SSSR count). The Morgan fingerprint density at radius 3 is 2.50 bits per heavy atom. The van der Waals surface area contributed by atoms with Crippen molar-refractivity contribution in [2.45, 2.75) is 19.4 Å². The van der Waals surface area contributed by atoms with Gasteiger partial charge >= 0.3 is 5.97 Å². The Balaban J connectivity index is 2.25. The van der Waals surface area contributed by atoms with Crippen LogP contribution in [0.4, 0.5) is 0 Å². The second-order valence-corrected chi connectivity index (χ2v) is 5.28. The van der Waals surface area contributed by atoms with Gasteiger partial charge in [0.05, 0.1) is 23.2 Å². The number of rotatable bonds is 5. The maximum Gasteiger partial charge on any atom is 0.305 e. The van der Waals surface area contributed by atoms with Gasteiger partial charge in [0.2, 0.25) is 0 Å². The number of aliphatic carboxylic acids is 1. The standard InChI is InChI=1S/C15H16ClN3O3/c1-9-13(16)14(18-19(9)2)15(22)17-11(8-12(20)21)10-6-4-3-5-7-10/h3-7,11H,8H2,1-2H3,(H,17,22)(H,20,21). The Morgan fingerprint density at radius 2 is 2.00 bits per heavy atom. The molecule has 1 aromatic carbocycles. The lowest BCUT2D eigenvalue weighted by Crippen LogP contribution is -2.30. The second-order valence-electron chi connectivity index (χ2n) is 4.91. The zero-order chi connectivity index (χ0) is 16.3. The van der Waals surface area contributed by atoms with Crippen LogP contribution >= 0.6 is 11.6 Å². The van der Waals surface area contributed by atoms with Gasteiger partial charge in [-0.25, -0.2) is 0 Å². The first-order valence-corrected chi connectivity index (χ1v) is 7.04. The molecule has 1 unspecified atom stereocenters. The van der Waals surface area contributed by atoms with Gasteiger partial charge in [-0.2, -0.15) is 5.10 Å². The van der Waals surface area contributed by atoms with E-state index in [-0.39, 0.29) is 17.1 Å². The number of aromatic nitrogens is 2. The van der Waals surface area contributed by atoms with Crippen molar-refractivity contribution in [3.05, 3.63) is 52.3 Å². The summed E-state index contributed by atoms with van der Waals surface area (Å²) < 4.78 is 1.51. The molecule has 0 aliphatic heterocycles. The summed E-state index contributed by atoms with van der Waals surface area (Å²) in [5, 5.41) is 16.0. The predicted molar refractivity (Wildman–Crippen MR) is 81.9 cm³/mol. The zero-order valence-corrected chi connectivity index (χ0v) is 13.0. The van der Waals surface area contributed by atoms with Crippen molar-refractivity contribution in [3.8, 4) is 0 Å². The summed E-state index contributed by atoms with van der Waals surface area (Å²) in [6.45, 7) is 1.75. The SMILES string of the molecule is Cc1c(Cl)c(C(=O)NC(CC(=O)O)c2ccccc2)nn1C. The molecule has 0 saturated heterocycles. The molecule has 1 amide bonds. The molecule has 0 bridgehead atoms. The molecular formula is C15H16ClN3O3. The number of nitrogens with zero attached hydrogens (tertiary/aromatic N) is 2. The van der Waals surface area contributed by atoms with E-state index in [0.29, 0.717) is 11.3 Å². The summed E-state index contributed by atoms with van der Waals surface area (Å²) in [7, 11) is 1.68. The molecule has 22 heavy (non-hydrogen) atoms. The fourth-order valence-electron chi connectivity index (χ4n) is 2.07. The van der Waals surface area contributed by atoms with Gasteiger partial charge in [-0.3, -0.25) is 14.3 Å². The first kappa shape index (κ1) is 16.0. The highest BCUT2D eigenvalue weighted by atomic mass is 35.5. The molecular weight excluding hydrogens is 306 g/mol. The second kappa shape index (κ2) is 6.62. The minimum atomic E-state index is -1.00. The van der Waals surface area contributed by atoms with Gasteiger partial charge in [-0.05, 0) is 12.5 Å². The number of carbonyl (C=O) groups is 2. The summed E-state index contributed by atoms with van der Waals surface area (Å²) in [6, 6.07) is 8.27. The summed E-state index contributed by atoms with van der Waals surface area (Å²) in [5.74, 6) is -1.50. The van der Waals surface area contributed by atoms with E-state index in [0.717, 1.165) is 0 Å². The molecule has 1 aromatic heterocycles. The maximum absolute atomic E-state index is 12.3. The molecule has 0 aliphatic rings. The molecule has 6 nitrogen and oxygen atoms in total. The van der Waals surface area contributed by atoms with Gasteiger partial charge in [-0.15, -0.1) is 0 Å². The number of halogens is 1. The lowest BCUT2D eigenvalue weighted by molar-refractivity contribution is -0.137. The lowest BCUT2D eigenvalue weighted by atomic mass is 10.0. The summed E-state index contributed by atoms with van der Waals surface area (Å²) in [4.78, 5) is 23.4. The van der Waals surface area contributed by atoms with E-state index in [2.05, 4.69) is 10.4 Å². The Labute approximate surface area is 132 Å². The van der Waals surface area contributed by atoms with E-state index in [1.54, 1.807) is 38.2 Å². The molecule has 1 heterocycles. The minimum absolute atomic E-state index is 0.0907. The third-order valence-electron chi connectivity index (χ3n) is 3.36. The maximum atomic E-state index is 12.3. The number of carboxylic acid groups (broad SMARTS) is 1. The average Bonchev–Trinajstić information content (AvgIpc) is 2.75. The van der Waals surface area contributed by atoms with E-state index in [1.165, 1.54) is 4.68 Å². The Hall–Kier alpha value is -2.34. The van der Waals surface area contributed by atoms with Gasteiger partial charge in [0.1, 0.15) is 0 Å². The van der Waals surface area contributed by atoms with Crippen LogP contribution in [0.15, 0.2) is 30.3 Å². The van der Waals surface area contributed by atoms with Crippen LogP contribution in [0.5, 0.6) is 0 Å². The van der Waals surface area contributed by atoms with Gasteiger partial charge in [-0.1, -0.05) is 41.9 Å². The summed E-state index contributed by atoms with van der Waals surface area (Å²) >= 11 is 6.08. The van der Waals surface area contributed by atoms with Crippen LogP contribution in [0.3, 0.4) is 0 Å². The van der Waals surface area contributed by atoms with E-state index in [1.807, 2.05) is 6.07 Å². The van der Waals surface area contributed by atoms with E-state index < -0.39 is 17.9 Å². The minimum Gasteiger partial charge on any atom is -0.481 e. The number of carboxylic acids is 1. The fourth-order valence-corrected chi connectivity index (χ4v) is 2.31. The normalized spacial score (nSPS) is 12.0. The number of carbonyl (C=O) groups excluding carboxylic acids is 1. The third kappa shape index (κ3) is 3.46. The van der Waals surface area contributed by atoms with Crippen molar-refractivity contribution < 1.29 is 14.7 Å². The molecule has 7 heteroatoms. The Kier molecular flexibility index (Phi) is 4.82. The number of benzene rings is 1. The largest absolute Gasteiger partial charge is 0.481 e. The monoisotopic (exact) mass is 321 g/mol. The first-order valence-electron chi connectivity index (χ1n) is 6.67. The van der Waals surface area contributed by atoms with Gasteiger partial charge < -0.3 is 10.4 Å². The van der Waals surface area contributed by atoms with Crippen LogP contribution in [0, 0.1) is 6.92 Å². The average molecular weight is 322 g/mol. The third-order valence-corrected chi connectivity index (χ3v) is 3.81. The highest BCUT2D eigenvalue weighted by molar-refractivity contribution is 6.34. The lowest BCUT2D eigenvalue weighted by Gasteiger charge is -2.16. The van der Waals surface area contributed by atoms with Crippen LogP contribution < -0.4 is 5.32 Å². The van der Waals surface area contributed by atoms with Gasteiger partial charge in [0.15, 0.2) is 5.69 Å². The van der Waals surface area contributed by atoms with E-state index >= 15 is 0 Å². The highest BCUT2D eigenvalue weighted by Crippen LogP contribution is 2.22. The Bertz CT molecular complexity index is 698. The molecule has 0 aliphatic carbocycles. The molecule has 2 aromatic rings. The van der Waals surface area contributed by atoms with E-state index in [9.17, 15) is 9.59 Å². The molecule has 0 spiro atoms. The number of hydrogen-bond donors (Lipinski definition) is 2. The molecule has 0 saturated carbocycles. The van der Waals surface area contributed by atoms with Crippen molar-refractivity contribution in [1.29, 1.82) is 0 Å². The summed E-state index contributed by atoms with van der Waals surface area (Å²) in [5.41, 5.74) is 1.47. The predicted octanol–water partition coefficient (Wildman–Crippen LogP) is 2.33. The smallest absolute Gasteiger partial charge is 0.305 e. The fraction of sp³-hybridized carbons (Fsp3) is 0.267. The molecule has 1 atom stereocenters. The number of hydrogen-bond acceptors (Lipinski definition) is 3. The van der Waals surface area contributed by atoms with Crippen molar-refractivity contribution in [2.75, 3.05) is 0 Å². The van der Waals surface area contributed by atoms with Crippen molar-refractivity contribution in [1.82, 2.24) is 15.1 Å². The molecule has 2 N–H and O–H groups in total. The molecule has 0 radical (unpaired) electrons. The number of amides is 1. The van der Waals surface area contributed by atoms with Crippen LogP contribution in [-0.2, 0) is 11.8 Å². The topological polar surface area (TPSA) is 84.2 Å². The van der Waals surface area contributed by atoms with Crippen LogP contribution in [0.2, 0.25) is 5.02 Å². The van der Waals surface area contributed by atoms with Crippen LogP contribution in [0.1, 0.15) is 34.2 Å². The number of nitrogens with one attached hydrogen (secondary N) is 1. The van der Waals surface area contributed by atoms with Crippen molar-refractivity contribution in [2.24, 2.45) is 7.05 Å². The zero-order valence-electron chi connectivity index (χ0n) is 12.2. The number of aryl methyl sites for hydroxylation is 1. The van der Waals surface area contributed by atoms with Crippen molar-refractivity contribution in [3.63, 3.8) is 0 Å². The van der Waals surface area contributed by atoms with Crippen molar-refractivity contribution >= 4 is 23.5 Å². The molecule has 116 valence electrons. The van der Waals surface area contributed by atoms with Gasteiger partial charge in [0.25, 0.3) is 5.91 Å². The van der Waals surface area contributed by atoms with E-state index in [4.69, 9.17) is 16.7 Å². The highest BCUT2D eigenvalue weighted by Gasteiger charge is 2.23. The quantitative estimate of drug-likeness (QED) is 0.885. The Morgan fingerprint density at radius 1 is 1.36 bits per heavy atom. The van der Waals surface area contributed by atoms with Crippen LogP contribution in [0.25, 0.3) is 0 Å². The van der Waals surface area contributed by atoms with Gasteiger partial charge in [0, 0.05) is 7.05 Å². The first-order chi connectivity index (χ1) is 10.4. The molecule has 0 fully saturated rings. The van der Waals surface area contributed by atoms with Crippen LogP contribution in [-0.4, -0.2) is 26.8 Å².